The van der Waals surface area contributed by atoms with Gasteiger partial charge in [0.25, 0.3) is 0 Å². The summed E-state index contributed by atoms with van der Waals surface area (Å²) >= 11 is 0. The van der Waals surface area contributed by atoms with Gasteiger partial charge in [0.2, 0.25) is 5.91 Å². The third-order valence-electron chi connectivity index (χ3n) is 3.39. The number of nitrogens with two attached hydrogens (primary N) is 1. The Morgan fingerprint density at radius 1 is 1.08 bits per heavy atom. The van der Waals surface area contributed by atoms with E-state index in [1.165, 1.54) is 24.3 Å². The summed E-state index contributed by atoms with van der Waals surface area (Å²) in [5, 5.41) is 0. The van der Waals surface area contributed by atoms with Gasteiger partial charge >= 0.3 is 51.4 Å². The Balaban J connectivity index is -0.0000000748. The van der Waals surface area contributed by atoms with E-state index in [0.29, 0.717) is 5.57 Å². The van der Waals surface area contributed by atoms with Gasteiger partial charge < -0.3 is 24.9 Å². The molecule has 3 nitrogen and oxygen atoms in total. The van der Waals surface area contributed by atoms with E-state index < -0.39 is 5.91 Å². The minimum atomic E-state index is -0.498. The van der Waals surface area contributed by atoms with Crippen LogP contribution in [-0.4, -0.2) is 12.2 Å². The Hall–Kier alpha value is -1.56. The van der Waals surface area contributed by atoms with Gasteiger partial charge in [0.1, 0.15) is 0 Å². The summed E-state index contributed by atoms with van der Waals surface area (Å²) in [5.41, 5.74) is 11.3. The molecule has 0 fully saturated rings. The summed E-state index contributed by atoms with van der Waals surface area (Å²) in [6.07, 6.45) is 11.6. The van der Waals surface area contributed by atoms with Gasteiger partial charge in [0, 0.05) is 5.57 Å². The van der Waals surface area contributed by atoms with Crippen molar-refractivity contribution in [1.82, 2.24) is 0 Å². The number of aryl methyl sites for hydroxylation is 1. The molecule has 206 valence electrons. The van der Waals surface area contributed by atoms with Crippen molar-refractivity contribution in [2.75, 3.05) is 0 Å². The summed E-state index contributed by atoms with van der Waals surface area (Å²) in [4.78, 5) is 19.4. The van der Waals surface area contributed by atoms with Crippen LogP contribution in [0.25, 0.3) is 5.57 Å². The first-order valence-electron chi connectivity index (χ1n) is 11.7. The number of hydrogen-bond acceptors (Lipinski definition) is 2. The molecule has 2 N–H and O–H groups in total. The molecule has 0 unspecified atom stereocenters. The van der Waals surface area contributed by atoms with Gasteiger partial charge in [-0.2, -0.15) is 13.3 Å². The smallest absolute Gasteiger partial charge is 0.542 e. The minimum absolute atomic E-state index is 0. The second kappa shape index (κ2) is 41.6. The maximum atomic E-state index is 10.7. The Morgan fingerprint density at radius 3 is 1.65 bits per heavy atom. The van der Waals surface area contributed by atoms with Crippen molar-refractivity contribution in [3.8, 4) is 0 Å². The average Bonchev–Trinajstić information content (AvgIpc) is 2.82. The fourth-order valence-corrected chi connectivity index (χ4v) is 1.30. The first-order chi connectivity index (χ1) is 16.4. The molecule has 37 heavy (non-hydrogen) atoms. The average molecular weight is 536 g/mol. The molecule has 0 saturated heterocycles. The molecular weight excluding hydrogens is 481 g/mol. The second-order valence-corrected chi connectivity index (χ2v) is 7.08. The Kier molecular flexibility index (Phi) is 58.4. The van der Waals surface area contributed by atoms with E-state index in [1.54, 1.807) is 18.2 Å². The van der Waals surface area contributed by atoms with E-state index in [-0.39, 0.29) is 58.8 Å². The van der Waals surface area contributed by atoms with Crippen LogP contribution in [0.4, 0.5) is 0 Å². The second-order valence-electron chi connectivity index (χ2n) is 7.08. The molecule has 1 rings (SSSR count). The van der Waals surface area contributed by atoms with Gasteiger partial charge in [-0.05, 0) is 52.7 Å². The maximum absolute atomic E-state index is 10.7. The van der Waals surface area contributed by atoms with E-state index >= 15 is 0 Å². The molecule has 0 aliphatic carbocycles. The molecule has 0 aliphatic rings. The topological polar surface area (TPSA) is 60.2 Å². The third-order valence-corrected chi connectivity index (χ3v) is 3.39. The Labute approximate surface area is 274 Å². The zero-order valence-electron chi connectivity index (χ0n) is 26.1. The van der Waals surface area contributed by atoms with Crippen molar-refractivity contribution >= 4 is 17.8 Å². The predicted octanol–water partition coefficient (Wildman–Crippen LogP) is 6.54. The number of amides is 1. The van der Waals surface area contributed by atoms with Crippen molar-refractivity contribution in [2.45, 2.75) is 75.7 Å². The van der Waals surface area contributed by atoms with Gasteiger partial charge in [0.15, 0.2) is 0 Å². The quantitative estimate of drug-likeness (QED) is 0.153. The summed E-state index contributed by atoms with van der Waals surface area (Å²) in [6, 6.07) is 8.27. The zero-order valence-corrected chi connectivity index (χ0v) is 29.2. The van der Waals surface area contributed by atoms with Crippen LogP contribution in [-0.2, 0) is 9.59 Å². The molecular formula is C33H54KNO2-2. The zero-order chi connectivity index (χ0) is 28.8. The van der Waals surface area contributed by atoms with Gasteiger partial charge in [-0.25, -0.2) is 0 Å². The van der Waals surface area contributed by atoms with Gasteiger partial charge in [0.05, 0.1) is 0 Å². The van der Waals surface area contributed by atoms with E-state index in [9.17, 15) is 4.79 Å². The molecule has 1 aromatic carbocycles. The standard InChI is InChI=1S/C15H17NO.C5H10.C5H8.C3H7.C2H3O.C2H6.CH3.K/c1-11-7-9-14(10-8-11)12(2)5-4-6-13(3)15(16)17;2*1-4-5(2)3;1-3-2;1-2-3;1-2;;/h4-10H,3H2,1-2H3,(H2,16,17);4H,1-3H3;4H,1-2H2,3H3;1,3H2,2H3;1H3;1-2H3;1H3;/q;;;2*-1;;-1;+1/b6-4-,12-5+;;;;;;;. The van der Waals surface area contributed by atoms with Crippen molar-refractivity contribution < 1.29 is 61.0 Å². The Bertz CT molecular complexity index is 779. The van der Waals surface area contributed by atoms with Crippen molar-refractivity contribution in [3.05, 3.63) is 117 Å². The van der Waals surface area contributed by atoms with Crippen LogP contribution in [0.5, 0.6) is 0 Å². The van der Waals surface area contributed by atoms with E-state index in [0.717, 1.165) is 23.1 Å². The predicted molar refractivity (Wildman–Crippen MR) is 167 cm³/mol. The minimum Gasteiger partial charge on any atom is -0.542 e. The maximum Gasteiger partial charge on any atom is 1.00 e. The fraction of sp³-hybridized carbons (Fsp3) is 0.333. The van der Waals surface area contributed by atoms with Gasteiger partial charge in [-0.15, -0.1) is 0 Å². The molecule has 1 amide bonds. The molecule has 0 saturated carbocycles. The number of allylic oxidation sites excluding steroid dienone is 7. The molecule has 4 heteroatoms. The third kappa shape index (κ3) is 51.8. The summed E-state index contributed by atoms with van der Waals surface area (Å²) in [6.45, 7) is 33.6. The number of rotatable bonds is 5. The monoisotopic (exact) mass is 535 g/mol. The van der Waals surface area contributed by atoms with Crippen molar-refractivity contribution in [2.24, 2.45) is 5.73 Å². The summed E-state index contributed by atoms with van der Waals surface area (Å²) in [5.74, 6) is -0.498. The van der Waals surface area contributed by atoms with Gasteiger partial charge in [-0.3, -0.25) is 11.1 Å². The first-order valence-corrected chi connectivity index (χ1v) is 11.7. The molecule has 0 bridgehead atoms. The summed E-state index contributed by atoms with van der Waals surface area (Å²) in [7, 11) is 0. The molecule has 0 spiro atoms. The number of primary amides is 1. The molecule has 1 aromatic rings. The molecule has 0 heterocycles. The number of hydrogen-bond donors (Lipinski definition) is 1. The van der Waals surface area contributed by atoms with Crippen LogP contribution in [0.15, 0.2) is 91.1 Å². The Morgan fingerprint density at radius 2 is 1.41 bits per heavy atom. The van der Waals surface area contributed by atoms with Crippen LogP contribution in [0, 0.1) is 21.3 Å². The number of carbonyl (C=O) groups excluding carboxylic acids is 2. The van der Waals surface area contributed by atoms with Crippen LogP contribution in [0.3, 0.4) is 0 Å². The first kappa shape index (κ1) is 52.0. The van der Waals surface area contributed by atoms with E-state index in [2.05, 4.69) is 77.8 Å². The number of carbonyl (C=O) groups is 1. The SMILES string of the molecule is C=C(/C=C\C=C(/C)c1ccc(C)cc1)C(N)=O.C=CC(=C)C.CC.CC=C(C)C.C[C-]=O.[CH2-]CC.[CH3-].[K+]. The molecule has 0 atom stereocenters. The largest absolute Gasteiger partial charge is 1.00 e. The van der Waals surface area contributed by atoms with Gasteiger partial charge in [-0.1, -0.05) is 112 Å². The molecule has 0 aromatic heterocycles. The van der Waals surface area contributed by atoms with Crippen molar-refractivity contribution in [1.29, 1.82) is 0 Å². The van der Waals surface area contributed by atoms with E-state index in [1.807, 2.05) is 47.6 Å². The summed E-state index contributed by atoms with van der Waals surface area (Å²) < 4.78 is 0. The van der Waals surface area contributed by atoms with Crippen LogP contribution < -0.4 is 57.1 Å². The van der Waals surface area contributed by atoms with Crippen LogP contribution >= 0.6 is 0 Å². The van der Waals surface area contributed by atoms with Crippen LogP contribution in [0.2, 0.25) is 0 Å². The fourth-order valence-electron chi connectivity index (χ4n) is 1.30. The van der Waals surface area contributed by atoms with E-state index in [4.69, 9.17) is 10.5 Å². The van der Waals surface area contributed by atoms with Crippen molar-refractivity contribution in [3.63, 3.8) is 0 Å². The normalized spacial score (nSPS) is 8.24. The molecule has 0 aliphatic heterocycles. The number of benzene rings is 1. The molecule has 0 radical (unpaired) electrons. The van der Waals surface area contributed by atoms with Crippen LogP contribution in [0.1, 0.15) is 79.9 Å².